The van der Waals surface area contributed by atoms with E-state index in [9.17, 15) is 14.4 Å². The fourth-order valence-corrected chi connectivity index (χ4v) is 6.17. The number of benzene rings is 1. The van der Waals surface area contributed by atoms with Crippen LogP contribution in [0.25, 0.3) is 0 Å². The van der Waals surface area contributed by atoms with Gasteiger partial charge in [-0.1, -0.05) is 0 Å². The molecule has 6 nitrogen and oxygen atoms in total. The van der Waals surface area contributed by atoms with Gasteiger partial charge < -0.3 is 15.1 Å². The van der Waals surface area contributed by atoms with E-state index in [1.54, 1.807) is 22.7 Å². The van der Waals surface area contributed by atoms with Gasteiger partial charge in [0.1, 0.15) is 6.04 Å². The first kappa shape index (κ1) is 20.3. The van der Waals surface area contributed by atoms with E-state index in [4.69, 9.17) is 0 Å². The molecule has 1 N–H and O–H groups in total. The first-order valence-electron chi connectivity index (χ1n) is 10.5. The summed E-state index contributed by atoms with van der Waals surface area (Å²) >= 11 is 1.69. The first-order chi connectivity index (χ1) is 13.8. The number of carbonyl (C=O) groups is 3. The van der Waals surface area contributed by atoms with E-state index < -0.39 is 6.04 Å². The average molecular weight is 416 g/mol. The number of fused-ring (bicyclic) bond motifs is 1. The lowest BCUT2D eigenvalue weighted by atomic mass is 10.0. The van der Waals surface area contributed by atoms with Crippen molar-refractivity contribution in [1.29, 1.82) is 0 Å². The quantitative estimate of drug-likeness (QED) is 0.821. The Balaban J connectivity index is 1.47. The van der Waals surface area contributed by atoms with Crippen molar-refractivity contribution in [3.8, 4) is 0 Å². The fourth-order valence-electron chi connectivity index (χ4n) is 4.73. The maximum Gasteiger partial charge on any atom is 0.254 e. The van der Waals surface area contributed by atoms with Crippen molar-refractivity contribution in [3.05, 3.63) is 29.3 Å². The zero-order chi connectivity index (χ0) is 20.8. The molecule has 3 aliphatic heterocycles. The molecule has 3 atom stereocenters. The predicted molar refractivity (Wildman–Crippen MR) is 115 cm³/mol. The van der Waals surface area contributed by atoms with Crippen molar-refractivity contribution in [1.82, 2.24) is 9.80 Å². The molecule has 3 heterocycles. The minimum atomic E-state index is -0.435. The molecular weight excluding hydrogens is 386 g/mol. The Bertz CT molecular complexity index is 858. The normalized spacial score (nSPS) is 29.1. The zero-order valence-corrected chi connectivity index (χ0v) is 18.2. The number of carbonyl (C=O) groups excluding carboxylic acids is 3. The van der Waals surface area contributed by atoms with Crippen LogP contribution in [0, 0.1) is 6.92 Å². The maximum absolute atomic E-state index is 12.9. The number of hydrogen-bond donors (Lipinski definition) is 1. The molecule has 4 rings (SSSR count). The van der Waals surface area contributed by atoms with Crippen molar-refractivity contribution in [3.63, 3.8) is 0 Å². The maximum atomic E-state index is 12.9. The standard InChI is InChI=1S/C22H29N3O3S/c1-14-12-16(21(28)24-11-5-4-6-15(24)2)7-8-17(14)23-20(27)18-13-29-22(3)10-9-19(26)25(18)22/h7-8,12,15,18H,4-6,9-11,13H2,1-3H3,(H,23,27). The highest BCUT2D eigenvalue weighted by Crippen LogP contribution is 2.47. The number of piperidine rings is 1. The van der Waals surface area contributed by atoms with E-state index >= 15 is 0 Å². The second kappa shape index (κ2) is 7.67. The Morgan fingerprint density at radius 1 is 1.28 bits per heavy atom. The van der Waals surface area contributed by atoms with Crippen LogP contribution < -0.4 is 5.32 Å². The Morgan fingerprint density at radius 2 is 2.07 bits per heavy atom. The van der Waals surface area contributed by atoms with Crippen LogP contribution in [-0.2, 0) is 9.59 Å². The largest absolute Gasteiger partial charge is 0.336 e. The van der Waals surface area contributed by atoms with Crippen LogP contribution in [0.4, 0.5) is 5.69 Å². The fraction of sp³-hybridized carbons (Fsp3) is 0.591. The van der Waals surface area contributed by atoms with E-state index in [0.717, 1.165) is 31.4 Å². The minimum Gasteiger partial charge on any atom is -0.336 e. The smallest absolute Gasteiger partial charge is 0.254 e. The molecule has 3 amide bonds. The Kier molecular flexibility index (Phi) is 5.36. The molecule has 1 aromatic carbocycles. The number of thioether (sulfide) groups is 1. The molecule has 0 radical (unpaired) electrons. The number of likely N-dealkylation sites (tertiary alicyclic amines) is 1. The lowest BCUT2D eigenvalue weighted by Gasteiger charge is -2.33. The van der Waals surface area contributed by atoms with Crippen LogP contribution in [0.2, 0.25) is 0 Å². The highest BCUT2D eigenvalue weighted by atomic mass is 32.2. The third-order valence-electron chi connectivity index (χ3n) is 6.54. The molecule has 3 aliphatic rings. The molecule has 29 heavy (non-hydrogen) atoms. The third kappa shape index (κ3) is 3.65. The van der Waals surface area contributed by atoms with Crippen LogP contribution in [-0.4, -0.2) is 56.8 Å². The molecule has 3 unspecified atom stereocenters. The highest BCUT2D eigenvalue weighted by Gasteiger charge is 2.52. The van der Waals surface area contributed by atoms with Crippen LogP contribution in [0.5, 0.6) is 0 Å². The summed E-state index contributed by atoms with van der Waals surface area (Å²) in [6, 6.07) is 5.29. The SMILES string of the molecule is Cc1cc(C(=O)N2CCCCC2C)ccc1NC(=O)C1CSC2(C)CCC(=O)N12. The summed E-state index contributed by atoms with van der Waals surface area (Å²) in [6.45, 7) is 6.86. The minimum absolute atomic E-state index is 0.0591. The average Bonchev–Trinajstić information content (AvgIpc) is 3.19. The molecule has 1 aromatic rings. The van der Waals surface area contributed by atoms with Gasteiger partial charge in [0.2, 0.25) is 11.8 Å². The number of amides is 3. The summed E-state index contributed by atoms with van der Waals surface area (Å²) in [6.07, 6.45) is 4.58. The van der Waals surface area contributed by atoms with Crippen molar-refractivity contribution in [2.45, 2.75) is 69.8 Å². The molecule has 0 saturated carbocycles. The molecule has 0 spiro atoms. The topological polar surface area (TPSA) is 69.7 Å². The van der Waals surface area contributed by atoms with Crippen LogP contribution in [0.3, 0.4) is 0 Å². The summed E-state index contributed by atoms with van der Waals surface area (Å²) in [5.74, 6) is 0.592. The number of anilines is 1. The second-order valence-corrected chi connectivity index (χ2v) is 10.1. The molecular formula is C22H29N3O3S. The number of nitrogens with one attached hydrogen (secondary N) is 1. The van der Waals surface area contributed by atoms with Gasteiger partial charge in [0, 0.05) is 36.0 Å². The van der Waals surface area contributed by atoms with Crippen LogP contribution >= 0.6 is 11.8 Å². The highest BCUT2D eigenvalue weighted by molar-refractivity contribution is 8.01. The van der Waals surface area contributed by atoms with Gasteiger partial charge in [0.25, 0.3) is 5.91 Å². The van der Waals surface area contributed by atoms with E-state index in [1.807, 2.05) is 30.9 Å². The monoisotopic (exact) mass is 415 g/mol. The predicted octanol–water partition coefficient (Wildman–Crippen LogP) is 3.40. The van der Waals surface area contributed by atoms with Gasteiger partial charge in [0.15, 0.2) is 0 Å². The molecule has 0 aliphatic carbocycles. The molecule has 156 valence electrons. The van der Waals surface area contributed by atoms with Crippen LogP contribution in [0.15, 0.2) is 18.2 Å². The lowest BCUT2D eigenvalue weighted by molar-refractivity contribution is -0.135. The first-order valence-corrected chi connectivity index (χ1v) is 11.5. The van der Waals surface area contributed by atoms with Gasteiger partial charge in [-0.2, -0.15) is 0 Å². The van der Waals surface area contributed by atoms with Gasteiger partial charge in [-0.05, 0) is 70.2 Å². The van der Waals surface area contributed by atoms with Gasteiger partial charge in [-0.25, -0.2) is 0 Å². The Morgan fingerprint density at radius 3 is 2.79 bits per heavy atom. The number of aryl methyl sites for hydroxylation is 1. The molecule has 0 bridgehead atoms. The summed E-state index contributed by atoms with van der Waals surface area (Å²) in [5, 5.41) is 2.99. The lowest BCUT2D eigenvalue weighted by Crippen LogP contribution is -2.48. The third-order valence-corrected chi connectivity index (χ3v) is 8.05. The summed E-state index contributed by atoms with van der Waals surface area (Å²) in [4.78, 5) is 41.5. The second-order valence-electron chi connectivity index (χ2n) is 8.63. The summed E-state index contributed by atoms with van der Waals surface area (Å²) in [7, 11) is 0. The molecule has 0 aromatic heterocycles. The summed E-state index contributed by atoms with van der Waals surface area (Å²) in [5.41, 5.74) is 2.21. The van der Waals surface area contributed by atoms with Crippen molar-refractivity contribution < 1.29 is 14.4 Å². The van der Waals surface area contributed by atoms with Crippen molar-refractivity contribution in [2.24, 2.45) is 0 Å². The van der Waals surface area contributed by atoms with E-state index in [-0.39, 0.29) is 28.6 Å². The summed E-state index contributed by atoms with van der Waals surface area (Å²) < 4.78 is 0. The van der Waals surface area contributed by atoms with E-state index in [2.05, 4.69) is 12.2 Å². The number of nitrogens with zero attached hydrogens (tertiary/aromatic N) is 2. The Labute approximate surface area is 176 Å². The van der Waals surface area contributed by atoms with Gasteiger partial charge in [-0.15, -0.1) is 11.8 Å². The van der Waals surface area contributed by atoms with E-state index in [0.29, 0.717) is 23.4 Å². The van der Waals surface area contributed by atoms with Crippen LogP contribution in [0.1, 0.15) is 61.9 Å². The molecule has 3 fully saturated rings. The van der Waals surface area contributed by atoms with Crippen molar-refractivity contribution in [2.75, 3.05) is 17.6 Å². The number of hydrogen-bond acceptors (Lipinski definition) is 4. The zero-order valence-electron chi connectivity index (χ0n) is 17.4. The number of rotatable bonds is 3. The van der Waals surface area contributed by atoms with Gasteiger partial charge in [-0.3, -0.25) is 14.4 Å². The van der Waals surface area contributed by atoms with E-state index in [1.165, 1.54) is 6.42 Å². The van der Waals surface area contributed by atoms with Crippen molar-refractivity contribution >= 4 is 35.2 Å². The Hall–Kier alpha value is -2.02. The van der Waals surface area contributed by atoms with Gasteiger partial charge >= 0.3 is 0 Å². The molecule has 7 heteroatoms. The van der Waals surface area contributed by atoms with Gasteiger partial charge in [0.05, 0.1) is 4.87 Å². The molecule has 3 saturated heterocycles.